The Labute approximate surface area is 639 Å². The first-order valence-corrected chi connectivity index (χ1v) is 36.2. The fourth-order valence-electron chi connectivity index (χ4n) is 16.7. The molecule has 6 heterocycles. The van der Waals surface area contributed by atoms with Crippen LogP contribution in [0.1, 0.15) is 153 Å². The Kier molecular flexibility index (Phi) is 19.3. The molecule has 12 aromatic rings. The van der Waals surface area contributed by atoms with E-state index < -0.39 is 57.6 Å². The number of methoxy groups -OCH3 is 3. The average Bonchev–Trinajstić information content (AvgIpc) is 1.56. The van der Waals surface area contributed by atoms with Crippen molar-refractivity contribution in [2.24, 2.45) is 15.0 Å². The summed E-state index contributed by atoms with van der Waals surface area (Å²) in [7, 11) is 4.31. The van der Waals surface area contributed by atoms with E-state index in [-0.39, 0.29) is 59.9 Å². The highest BCUT2D eigenvalue weighted by molar-refractivity contribution is 6.09. The van der Waals surface area contributed by atoms with Crippen molar-refractivity contribution in [2.75, 3.05) is 21.3 Å². The molecule has 112 heavy (non-hydrogen) atoms. The van der Waals surface area contributed by atoms with E-state index in [2.05, 4.69) is 45.3 Å². The molecule has 3 aromatic heterocycles. The molecule has 0 spiro atoms. The summed E-state index contributed by atoms with van der Waals surface area (Å²) in [5.74, 6) is -4.80. The number of carboxylic acid groups (broad SMARTS) is 3. The highest BCUT2D eigenvalue weighted by Gasteiger charge is 2.47. The number of aliphatic imine (C=N–C) groups is 3. The highest BCUT2D eigenvalue weighted by atomic mass is 19.1. The number of nitriles is 3. The maximum atomic E-state index is 16.4. The molecule has 23 heteroatoms. The Morgan fingerprint density at radius 2 is 1.09 bits per heavy atom. The molecule has 0 radical (unpaired) electrons. The number of aromatic carboxylic acids is 3. The summed E-state index contributed by atoms with van der Waals surface area (Å²) in [4.78, 5) is 47.4. The van der Waals surface area contributed by atoms with Gasteiger partial charge < -0.3 is 43.2 Å². The van der Waals surface area contributed by atoms with Crippen molar-refractivity contribution in [3.05, 3.63) is 248 Å². The van der Waals surface area contributed by atoms with Crippen LogP contribution in [0.2, 0.25) is 0 Å². The van der Waals surface area contributed by atoms with Gasteiger partial charge in [0.1, 0.15) is 34.5 Å². The Hall–Kier alpha value is -13.5. The first-order valence-electron chi connectivity index (χ1n) is 36.2. The maximum absolute atomic E-state index is 16.4. The number of halogens is 5. The van der Waals surface area contributed by atoms with Crippen molar-refractivity contribution < 1.29 is 65.9 Å². The average molecular weight is 1500 g/mol. The zero-order valence-corrected chi connectivity index (χ0v) is 61.4. The minimum absolute atomic E-state index is 0.0513. The predicted octanol–water partition coefficient (Wildman–Crippen LogP) is 19.5. The van der Waals surface area contributed by atoms with Crippen molar-refractivity contribution >= 4 is 69.0 Å². The molecule has 17 rings (SSSR count). The van der Waals surface area contributed by atoms with E-state index in [9.17, 15) is 63.1 Å². The van der Waals surface area contributed by atoms with Crippen molar-refractivity contribution in [2.45, 2.75) is 108 Å². The standard InChI is InChI=1S/C30H23F2N3O3.C30H26FN3O4.C29H21F2N3O2/c1-38-22-13-20(31)12-21(14-22)35-24-11-19-15-34-16-23(19)27(32)26(24)25(17-3-5-18(6-4-17)29(36)37)28(35)30(9-10-33)7-2-8-30;1-30(2,9-10-32)28-27(17-5-7-21(29(35)36)25(13-17)37-3)22-11-18-15-33-16-19(18)12-24(22)34(28)20-6-8-23(31)26(14-20)38-4;30-20-6-8-21(9-7-20)34-24-15-22-19(16-33-27(22)31)14-23(24)25(17-2-4-18(5-3-17)28(35)36)26(34)29(12-13-32)10-1-11-29/h3-6,11-15H,2,7-9,16H2,1H3,(H,36,37);5-8,11-14,16H,9,15H2,1-4H3,(H,35,36);2-9,14-15H,1,10-12,16H2,(H,35,36). The number of carboxylic acids is 3. The van der Waals surface area contributed by atoms with Gasteiger partial charge in [0, 0.05) is 144 Å². The van der Waals surface area contributed by atoms with Gasteiger partial charge in [0.15, 0.2) is 11.6 Å². The predicted molar refractivity (Wildman–Crippen MR) is 415 cm³/mol. The zero-order valence-electron chi connectivity index (χ0n) is 61.4. The third kappa shape index (κ3) is 12.7. The molecule has 3 N–H and O–H groups in total. The van der Waals surface area contributed by atoms with Gasteiger partial charge in [-0.3, -0.25) is 15.0 Å². The van der Waals surface area contributed by atoms with Gasteiger partial charge >= 0.3 is 17.9 Å². The lowest BCUT2D eigenvalue weighted by atomic mass is 9.63. The summed E-state index contributed by atoms with van der Waals surface area (Å²) >= 11 is 0. The molecule has 2 saturated carbocycles. The second kappa shape index (κ2) is 29.2. The summed E-state index contributed by atoms with van der Waals surface area (Å²) in [6, 6.07) is 49.9. The highest BCUT2D eigenvalue weighted by Crippen LogP contribution is 2.57. The van der Waals surface area contributed by atoms with Crippen LogP contribution in [-0.4, -0.2) is 86.7 Å². The van der Waals surface area contributed by atoms with Crippen LogP contribution >= 0.6 is 0 Å². The molecule has 560 valence electrons. The van der Waals surface area contributed by atoms with E-state index in [0.29, 0.717) is 87.3 Å². The van der Waals surface area contributed by atoms with Crippen LogP contribution in [0.3, 0.4) is 0 Å². The van der Waals surface area contributed by atoms with E-state index in [1.807, 2.05) is 45.9 Å². The topological polar surface area (TPSA) is 263 Å². The van der Waals surface area contributed by atoms with Gasteiger partial charge in [0.25, 0.3) is 0 Å². The Morgan fingerprint density at radius 3 is 1.69 bits per heavy atom. The largest absolute Gasteiger partial charge is 0.497 e. The molecule has 9 aromatic carbocycles. The first-order chi connectivity index (χ1) is 54.0. The molecule has 0 saturated heterocycles. The molecular weight excluding hydrogens is 1430 g/mol. The fourth-order valence-corrected chi connectivity index (χ4v) is 16.7. The van der Waals surface area contributed by atoms with Gasteiger partial charge in [0.05, 0.1) is 92.5 Å². The number of benzene rings is 9. The summed E-state index contributed by atoms with van der Waals surface area (Å²) in [6.07, 6.45) is 9.12. The molecule has 2 aliphatic carbocycles. The summed E-state index contributed by atoms with van der Waals surface area (Å²) in [5.41, 5.74) is 14.0. The lowest BCUT2D eigenvalue weighted by Crippen LogP contribution is -2.36. The zero-order chi connectivity index (χ0) is 78.8. The lowest BCUT2D eigenvalue weighted by molar-refractivity contribution is 0.0683. The molecule has 0 amide bonds. The number of ether oxygens (including phenoxy) is 3. The normalized spacial score (nSPS) is 14.4. The Morgan fingerprint density at radius 1 is 0.518 bits per heavy atom. The quantitative estimate of drug-likeness (QED) is 0.0677. The Balaban J connectivity index is 0.000000133. The number of rotatable bonds is 18. The maximum Gasteiger partial charge on any atom is 0.339 e. The molecule has 18 nitrogen and oxygen atoms in total. The van der Waals surface area contributed by atoms with Crippen LogP contribution in [0, 0.1) is 57.3 Å². The van der Waals surface area contributed by atoms with Gasteiger partial charge in [-0.05, 0) is 168 Å². The van der Waals surface area contributed by atoms with E-state index in [1.165, 1.54) is 69.9 Å². The van der Waals surface area contributed by atoms with Crippen molar-refractivity contribution in [3.63, 3.8) is 0 Å². The third-order valence-corrected chi connectivity index (χ3v) is 22.3. The smallest absolute Gasteiger partial charge is 0.339 e. The molecule has 3 aliphatic heterocycles. The lowest BCUT2D eigenvalue weighted by Gasteiger charge is -2.42. The summed E-state index contributed by atoms with van der Waals surface area (Å²) < 4.78 is 96.2. The second-order valence-corrected chi connectivity index (χ2v) is 29.3. The van der Waals surface area contributed by atoms with Gasteiger partial charge in [0.2, 0.25) is 5.97 Å². The van der Waals surface area contributed by atoms with E-state index in [0.717, 1.165) is 104 Å². The number of hydrogen-bond acceptors (Lipinski definition) is 12. The van der Waals surface area contributed by atoms with Gasteiger partial charge in [-0.1, -0.05) is 57.0 Å². The number of hydrogen-bond donors (Lipinski definition) is 3. The molecule has 0 unspecified atom stereocenters. The minimum atomic E-state index is -1.09. The fraction of sp³-hybridized carbons (Fsp3) is 0.225. The van der Waals surface area contributed by atoms with E-state index in [4.69, 9.17) is 14.2 Å². The number of aromatic nitrogens is 3. The summed E-state index contributed by atoms with van der Waals surface area (Å²) in [5, 5.41) is 60.0. The molecule has 0 bridgehead atoms. The SMILES string of the molecule is COc1cc(-n2c(C(C)(C)CC#N)c(-c3ccc(C(=O)O)c(OC)c3)c3cc4c(cc32)C=NC4)ccc1F.COc1cc(F)cc(-n2c(C3(CC#N)CCC3)c(-c3ccc(C(=O)O)cc3)c3c(F)c4c(cc32)C=NC4)c1.N#CCC1(c2c(-c3ccc(C(=O)O)cc3)c3cc4c(cc3n2-c2ccc(F)cc2)C(F)=NC4)CCC1. The summed E-state index contributed by atoms with van der Waals surface area (Å²) in [6.45, 7) is 4.99. The Bertz CT molecular complexity index is 6160. The van der Waals surface area contributed by atoms with E-state index in [1.54, 1.807) is 91.1 Å². The van der Waals surface area contributed by atoms with Crippen LogP contribution in [0.5, 0.6) is 17.2 Å². The molecule has 0 atom stereocenters. The third-order valence-electron chi connectivity index (χ3n) is 22.3. The van der Waals surface area contributed by atoms with Crippen LogP contribution in [0.15, 0.2) is 173 Å². The minimum Gasteiger partial charge on any atom is -0.497 e. The molecule has 5 aliphatic rings. The molecular formula is C89H70F5N9O9. The number of fused-ring (bicyclic) bond motifs is 6. The van der Waals surface area contributed by atoms with Crippen LogP contribution in [0.4, 0.5) is 22.0 Å². The van der Waals surface area contributed by atoms with Gasteiger partial charge in [-0.15, -0.1) is 0 Å². The van der Waals surface area contributed by atoms with Crippen molar-refractivity contribution in [3.8, 4) is 85.9 Å². The monoisotopic (exact) mass is 1500 g/mol. The first kappa shape index (κ1) is 74.0. The van der Waals surface area contributed by atoms with Crippen LogP contribution in [0.25, 0.3) is 83.2 Å². The van der Waals surface area contributed by atoms with Crippen LogP contribution < -0.4 is 14.2 Å². The second-order valence-electron chi connectivity index (χ2n) is 29.3. The van der Waals surface area contributed by atoms with Gasteiger partial charge in [-0.25, -0.2) is 31.9 Å². The number of nitrogens with zero attached hydrogens (tertiary/aromatic N) is 9. The van der Waals surface area contributed by atoms with Gasteiger partial charge in [-0.2, -0.15) is 20.2 Å². The van der Waals surface area contributed by atoms with Crippen molar-refractivity contribution in [1.82, 2.24) is 13.7 Å². The van der Waals surface area contributed by atoms with Crippen molar-refractivity contribution in [1.29, 1.82) is 15.8 Å². The van der Waals surface area contributed by atoms with E-state index >= 15 is 4.39 Å². The molecule has 2 fully saturated rings. The van der Waals surface area contributed by atoms with Crippen LogP contribution in [-0.2, 0) is 35.9 Å². The number of carbonyl (C=O) groups is 3.